The quantitative estimate of drug-likeness (QED) is 0.810. The number of carbonyl (C=O) groups excluding carboxylic acids is 1. The lowest BCUT2D eigenvalue weighted by Crippen LogP contribution is -2.34. The van der Waals surface area contributed by atoms with Gasteiger partial charge in [0.1, 0.15) is 0 Å². The van der Waals surface area contributed by atoms with E-state index in [2.05, 4.69) is 5.32 Å². The normalized spacial score (nSPS) is 11.5. The van der Waals surface area contributed by atoms with E-state index in [0.717, 1.165) is 0 Å². The molecule has 1 amide bonds. The summed E-state index contributed by atoms with van der Waals surface area (Å²) in [5, 5.41) is 11.3. The maximum Gasteiger partial charge on any atom is 0.251 e. The molecule has 1 aromatic carbocycles. The lowest BCUT2D eigenvalue weighted by molar-refractivity contribution is 0.0927. The second kappa shape index (κ2) is 6.06. The van der Waals surface area contributed by atoms with Crippen molar-refractivity contribution in [3.05, 3.63) is 35.1 Å². The predicted octanol–water partition coefficient (Wildman–Crippen LogP) is 2.24. The van der Waals surface area contributed by atoms with Crippen LogP contribution in [0.25, 0.3) is 0 Å². The van der Waals surface area contributed by atoms with Crippen LogP contribution in [0.3, 0.4) is 0 Å². The number of aliphatic hydroxyl groups excluding tert-OH is 1. The summed E-state index contributed by atoms with van der Waals surface area (Å²) in [5.74, 6) is -5.10. The summed E-state index contributed by atoms with van der Waals surface area (Å²) in [5.41, 5.74) is -0.627. The zero-order valence-electron chi connectivity index (χ0n) is 10.8. The molecule has 106 valence electrons. The molecule has 0 heterocycles. The fourth-order valence-electron chi connectivity index (χ4n) is 1.50. The van der Waals surface area contributed by atoms with Crippen molar-refractivity contribution in [1.29, 1.82) is 0 Å². The van der Waals surface area contributed by atoms with Crippen LogP contribution in [0.5, 0.6) is 0 Å². The highest BCUT2D eigenvalue weighted by atomic mass is 19.2. The molecule has 19 heavy (non-hydrogen) atoms. The van der Waals surface area contributed by atoms with Crippen LogP contribution in [0.2, 0.25) is 0 Å². The van der Waals surface area contributed by atoms with Crippen molar-refractivity contribution in [1.82, 2.24) is 5.32 Å². The first-order valence-electron chi connectivity index (χ1n) is 5.80. The number of nitrogens with one attached hydrogen (secondary N) is 1. The first-order chi connectivity index (χ1) is 8.76. The average Bonchev–Trinajstić information content (AvgIpc) is 2.32. The van der Waals surface area contributed by atoms with Crippen LogP contribution in [0.4, 0.5) is 13.2 Å². The smallest absolute Gasteiger partial charge is 0.251 e. The third-order valence-electron chi connectivity index (χ3n) is 2.76. The van der Waals surface area contributed by atoms with Crippen molar-refractivity contribution < 1.29 is 23.1 Å². The van der Waals surface area contributed by atoms with Gasteiger partial charge in [-0.3, -0.25) is 4.79 Å². The Kier molecular flexibility index (Phi) is 4.94. The Hall–Kier alpha value is -1.56. The molecule has 0 bridgehead atoms. The number of amides is 1. The summed E-state index contributed by atoms with van der Waals surface area (Å²) < 4.78 is 38.7. The first-order valence-corrected chi connectivity index (χ1v) is 5.80. The van der Waals surface area contributed by atoms with Crippen molar-refractivity contribution in [3.63, 3.8) is 0 Å². The minimum Gasteiger partial charge on any atom is -0.396 e. The molecule has 0 fully saturated rings. The molecule has 3 nitrogen and oxygen atoms in total. The van der Waals surface area contributed by atoms with Gasteiger partial charge in [0.15, 0.2) is 17.5 Å². The monoisotopic (exact) mass is 275 g/mol. The fourth-order valence-corrected chi connectivity index (χ4v) is 1.50. The zero-order chi connectivity index (χ0) is 14.6. The van der Waals surface area contributed by atoms with Crippen molar-refractivity contribution in [2.24, 2.45) is 5.41 Å². The standard InChI is InChI=1S/C13H16F3NO2/c1-13(2,3-4-18)7-17-12(19)8-5-9(14)11(16)10(15)6-8/h5-6,18H,3-4,7H2,1-2H3,(H,17,19). The second-order valence-electron chi connectivity index (χ2n) is 5.07. The Morgan fingerprint density at radius 2 is 1.79 bits per heavy atom. The fraction of sp³-hybridized carbons (Fsp3) is 0.462. The van der Waals surface area contributed by atoms with Crippen molar-refractivity contribution in [2.45, 2.75) is 20.3 Å². The van der Waals surface area contributed by atoms with Crippen LogP contribution in [0.15, 0.2) is 12.1 Å². The molecule has 1 aromatic rings. The number of carbonyl (C=O) groups is 1. The molecular weight excluding hydrogens is 259 g/mol. The molecular formula is C13H16F3NO2. The lowest BCUT2D eigenvalue weighted by atomic mass is 9.89. The van der Waals surface area contributed by atoms with Gasteiger partial charge in [0.2, 0.25) is 0 Å². The number of hydrogen-bond donors (Lipinski definition) is 2. The highest BCUT2D eigenvalue weighted by Crippen LogP contribution is 2.19. The molecule has 2 N–H and O–H groups in total. The number of benzene rings is 1. The molecule has 0 radical (unpaired) electrons. The van der Waals surface area contributed by atoms with Gasteiger partial charge in [-0.15, -0.1) is 0 Å². The van der Waals surface area contributed by atoms with E-state index in [4.69, 9.17) is 5.11 Å². The maximum absolute atomic E-state index is 13.0. The number of halogens is 3. The van der Waals surface area contributed by atoms with Crippen LogP contribution in [-0.4, -0.2) is 24.2 Å². The van der Waals surface area contributed by atoms with Crippen LogP contribution >= 0.6 is 0 Å². The van der Waals surface area contributed by atoms with Gasteiger partial charge in [-0.25, -0.2) is 13.2 Å². The van der Waals surface area contributed by atoms with E-state index in [1.165, 1.54) is 0 Å². The molecule has 0 spiro atoms. The third kappa shape index (κ3) is 4.24. The van der Waals surface area contributed by atoms with E-state index in [0.29, 0.717) is 18.6 Å². The van der Waals surface area contributed by atoms with Gasteiger partial charge >= 0.3 is 0 Å². The second-order valence-corrected chi connectivity index (χ2v) is 5.07. The lowest BCUT2D eigenvalue weighted by Gasteiger charge is -2.23. The van der Waals surface area contributed by atoms with E-state index in [1.54, 1.807) is 0 Å². The highest BCUT2D eigenvalue weighted by Gasteiger charge is 2.20. The maximum atomic E-state index is 13.0. The van der Waals surface area contributed by atoms with Gasteiger partial charge in [-0.05, 0) is 24.0 Å². The topological polar surface area (TPSA) is 49.3 Å². The summed E-state index contributed by atoms with van der Waals surface area (Å²) in [4.78, 5) is 11.7. The molecule has 6 heteroatoms. The van der Waals surface area contributed by atoms with Crippen LogP contribution in [0.1, 0.15) is 30.6 Å². The van der Waals surface area contributed by atoms with Gasteiger partial charge in [-0.1, -0.05) is 13.8 Å². The van der Waals surface area contributed by atoms with Crippen molar-refractivity contribution in [3.8, 4) is 0 Å². The van der Waals surface area contributed by atoms with E-state index in [9.17, 15) is 18.0 Å². The number of rotatable bonds is 5. The van der Waals surface area contributed by atoms with Crippen LogP contribution in [-0.2, 0) is 0 Å². The summed E-state index contributed by atoms with van der Waals surface area (Å²) in [7, 11) is 0. The van der Waals surface area contributed by atoms with Gasteiger partial charge in [0, 0.05) is 18.7 Å². The van der Waals surface area contributed by atoms with Crippen molar-refractivity contribution >= 4 is 5.91 Å². The van der Waals surface area contributed by atoms with Crippen molar-refractivity contribution in [2.75, 3.05) is 13.2 Å². The molecule has 0 atom stereocenters. The molecule has 0 aliphatic rings. The van der Waals surface area contributed by atoms with Gasteiger partial charge in [0.25, 0.3) is 5.91 Å². The predicted molar refractivity (Wildman–Crippen MR) is 64.1 cm³/mol. The zero-order valence-corrected chi connectivity index (χ0v) is 10.8. The number of hydrogen-bond acceptors (Lipinski definition) is 2. The summed E-state index contributed by atoms with van der Waals surface area (Å²) >= 11 is 0. The summed E-state index contributed by atoms with van der Waals surface area (Å²) in [6, 6.07) is 1.29. The molecule has 0 aliphatic carbocycles. The summed E-state index contributed by atoms with van der Waals surface area (Å²) in [6.45, 7) is 3.86. The molecule has 0 aromatic heterocycles. The van der Waals surface area contributed by atoms with Gasteiger partial charge in [-0.2, -0.15) is 0 Å². The molecule has 1 rings (SSSR count). The largest absolute Gasteiger partial charge is 0.396 e. The van der Waals surface area contributed by atoms with E-state index < -0.39 is 23.4 Å². The van der Waals surface area contributed by atoms with Crippen LogP contribution in [0, 0.1) is 22.9 Å². The molecule has 0 saturated heterocycles. The Morgan fingerprint density at radius 1 is 1.26 bits per heavy atom. The first kappa shape index (κ1) is 15.5. The average molecular weight is 275 g/mol. The Labute approximate surface area is 109 Å². The molecule has 0 saturated carbocycles. The highest BCUT2D eigenvalue weighted by molar-refractivity contribution is 5.94. The van der Waals surface area contributed by atoms with Crippen LogP contribution < -0.4 is 5.32 Å². The molecule has 0 aliphatic heterocycles. The number of aliphatic hydroxyl groups is 1. The SMILES string of the molecule is CC(C)(CCO)CNC(=O)c1cc(F)c(F)c(F)c1. The van der Waals surface area contributed by atoms with E-state index >= 15 is 0 Å². The van der Waals surface area contributed by atoms with E-state index in [1.807, 2.05) is 13.8 Å². The molecule has 0 unspecified atom stereocenters. The third-order valence-corrected chi connectivity index (χ3v) is 2.76. The summed E-state index contributed by atoms with van der Waals surface area (Å²) in [6.07, 6.45) is 0.472. The van der Waals surface area contributed by atoms with Gasteiger partial charge in [0.05, 0.1) is 0 Å². The Bertz CT molecular complexity index is 452. The minimum absolute atomic E-state index is 0.0251. The Balaban J connectivity index is 2.74. The Morgan fingerprint density at radius 3 is 2.26 bits per heavy atom. The van der Waals surface area contributed by atoms with Gasteiger partial charge < -0.3 is 10.4 Å². The van der Waals surface area contributed by atoms with E-state index in [-0.39, 0.29) is 24.1 Å². The minimum atomic E-state index is -1.60.